The summed E-state index contributed by atoms with van der Waals surface area (Å²) in [4.78, 5) is 25.0. The van der Waals surface area contributed by atoms with Crippen LogP contribution < -0.4 is 0 Å². The minimum absolute atomic E-state index is 0.0104. The van der Waals surface area contributed by atoms with E-state index in [2.05, 4.69) is 0 Å². The van der Waals surface area contributed by atoms with Gasteiger partial charge in [0, 0.05) is 30.2 Å². The van der Waals surface area contributed by atoms with E-state index in [9.17, 15) is 9.59 Å². The molecule has 19 heavy (non-hydrogen) atoms. The van der Waals surface area contributed by atoms with Gasteiger partial charge in [0.2, 0.25) is 5.91 Å². The Labute approximate surface area is 122 Å². The third-order valence-electron chi connectivity index (χ3n) is 3.25. The number of carbonyl (C=O) groups excluding carboxylic acids is 2. The molecule has 0 N–H and O–H groups in total. The molecule has 2 unspecified atom stereocenters. The monoisotopic (exact) mass is 297 g/mol. The molecule has 1 amide bonds. The molecular weight excluding hydrogens is 282 g/mol. The Balaban J connectivity index is 2.09. The highest BCUT2D eigenvalue weighted by atomic mass is 35.5. The van der Waals surface area contributed by atoms with Crippen LogP contribution in [0.15, 0.2) is 24.3 Å². The van der Waals surface area contributed by atoms with E-state index < -0.39 is 0 Å². The van der Waals surface area contributed by atoms with Crippen LogP contribution in [-0.4, -0.2) is 27.7 Å². The summed E-state index contributed by atoms with van der Waals surface area (Å²) < 4.78 is 0. The van der Waals surface area contributed by atoms with Crippen LogP contribution >= 0.6 is 23.4 Å². The van der Waals surface area contributed by atoms with Crippen molar-refractivity contribution in [2.45, 2.75) is 31.6 Å². The normalized spacial score (nSPS) is 20.7. The van der Waals surface area contributed by atoms with E-state index in [1.807, 2.05) is 36.1 Å². The molecule has 1 aromatic rings. The molecule has 2 atom stereocenters. The molecule has 1 aliphatic heterocycles. The minimum atomic E-state index is -0.0104. The largest absolute Gasteiger partial charge is 0.335 e. The molecule has 1 aliphatic rings. The number of benzene rings is 1. The fraction of sp³-hybridized carbons (Fsp3) is 0.429. The van der Waals surface area contributed by atoms with Gasteiger partial charge in [-0.25, -0.2) is 0 Å². The predicted molar refractivity (Wildman–Crippen MR) is 78.3 cm³/mol. The number of carbonyl (C=O) groups is 2. The van der Waals surface area contributed by atoms with Crippen molar-refractivity contribution in [1.29, 1.82) is 0 Å². The summed E-state index contributed by atoms with van der Waals surface area (Å²) in [5, 5.41) is 0.812. The van der Waals surface area contributed by atoms with Crippen molar-refractivity contribution in [2.75, 3.05) is 6.54 Å². The van der Waals surface area contributed by atoms with Gasteiger partial charge in [0.25, 0.3) is 0 Å². The lowest BCUT2D eigenvalue weighted by molar-refractivity contribution is -0.129. The van der Waals surface area contributed by atoms with Gasteiger partial charge in [-0.3, -0.25) is 9.59 Å². The topological polar surface area (TPSA) is 37.4 Å². The fourth-order valence-corrected chi connectivity index (χ4v) is 3.46. The Morgan fingerprint density at radius 3 is 2.89 bits per heavy atom. The molecule has 1 saturated heterocycles. The van der Waals surface area contributed by atoms with E-state index >= 15 is 0 Å². The average molecular weight is 298 g/mol. The molecule has 0 bridgehead atoms. The van der Waals surface area contributed by atoms with Crippen LogP contribution in [0.1, 0.15) is 31.9 Å². The Morgan fingerprint density at radius 1 is 1.53 bits per heavy atom. The molecule has 1 heterocycles. The van der Waals surface area contributed by atoms with Crippen LogP contribution in [0.3, 0.4) is 0 Å². The predicted octanol–water partition coefficient (Wildman–Crippen LogP) is 3.28. The zero-order valence-electron chi connectivity index (χ0n) is 10.9. The van der Waals surface area contributed by atoms with E-state index in [1.165, 1.54) is 18.7 Å². The lowest BCUT2D eigenvalue weighted by Gasteiger charge is -2.25. The quantitative estimate of drug-likeness (QED) is 0.859. The second-order valence-electron chi connectivity index (χ2n) is 4.71. The zero-order valence-corrected chi connectivity index (χ0v) is 12.5. The number of halogens is 1. The van der Waals surface area contributed by atoms with Crippen LogP contribution in [0.5, 0.6) is 0 Å². The van der Waals surface area contributed by atoms with Crippen molar-refractivity contribution < 1.29 is 9.59 Å². The third-order valence-corrected chi connectivity index (χ3v) is 4.47. The molecule has 0 radical (unpaired) electrons. The maximum atomic E-state index is 12.0. The highest BCUT2D eigenvalue weighted by Gasteiger charge is 2.34. The van der Waals surface area contributed by atoms with Gasteiger partial charge in [0.05, 0.1) is 6.04 Å². The molecular formula is C14H16ClNO2S. The smallest absolute Gasteiger partial charge is 0.224 e. The Bertz CT molecular complexity index is 506. The van der Waals surface area contributed by atoms with Crippen molar-refractivity contribution in [3.63, 3.8) is 0 Å². The van der Waals surface area contributed by atoms with Crippen LogP contribution in [0.4, 0.5) is 0 Å². The molecule has 5 heteroatoms. The maximum Gasteiger partial charge on any atom is 0.224 e. The first-order valence-electron chi connectivity index (χ1n) is 6.19. The minimum Gasteiger partial charge on any atom is -0.335 e. The van der Waals surface area contributed by atoms with Crippen LogP contribution in [0.25, 0.3) is 0 Å². The standard InChI is InChI=1S/C14H16ClNO2S/c1-9(11-4-3-5-12(15)6-11)16-8-13(7-14(16)18)19-10(2)17/h3-6,9,13H,7-8H2,1-2H3. The fourth-order valence-electron chi connectivity index (χ4n) is 2.33. The maximum absolute atomic E-state index is 12.0. The molecule has 2 rings (SSSR count). The summed E-state index contributed by atoms with van der Waals surface area (Å²) in [6.45, 7) is 4.15. The van der Waals surface area contributed by atoms with Crippen LogP contribution in [0.2, 0.25) is 5.02 Å². The summed E-state index contributed by atoms with van der Waals surface area (Å²) in [6.07, 6.45) is 0.440. The highest BCUT2D eigenvalue weighted by Crippen LogP contribution is 2.31. The lowest BCUT2D eigenvalue weighted by Crippen LogP contribution is -2.28. The van der Waals surface area contributed by atoms with E-state index in [0.717, 1.165) is 5.56 Å². The molecule has 1 fully saturated rings. The first kappa shape index (κ1) is 14.4. The first-order valence-corrected chi connectivity index (χ1v) is 7.45. The van der Waals surface area contributed by atoms with E-state index in [1.54, 1.807) is 0 Å². The summed E-state index contributed by atoms with van der Waals surface area (Å²) in [7, 11) is 0. The molecule has 3 nitrogen and oxygen atoms in total. The molecule has 0 spiro atoms. The number of hydrogen-bond acceptors (Lipinski definition) is 3. The SMILES string of the molecule is CC(=O)SC1CC(=O)N(C(C)c2cccc(Cl)c2)C1. The molecule has 0 aromatic heterocycles. The second-order valence-corrected chi connectivity index (χ2v) is 6.63. The molecule has 0 aliphatic carbocycles. The van der Waals surface area contributed by atoms with E-state index in [-0.39, 0.29) is 22.3 Å². The summed E-state index contributed by atoms with van der Waals surface area (Å²) in [5.74, 6) is 0.103. The lowest BCUT2D eigenvalue weighted by atomic mass is 10.1. The number of likely N-dealkylation sites (tertiary alicyclic amines) is 1. The van der Waals surface area contributed by atoms with E-state index in [0.29, 0.717) is 18.0 Å². The van der Waals surface area contributed by atoms with E-state index in [4.69, 9.17) is 11.6 Å². The second kappa shape index (κ2) is 5.97. The van der Waals surface area contributed by atoms with Gasteiger partial charge >= 0.3 is 0 Å². The van der Waals surface area contributed by atoms with Gasteiger partial charge in [0.1, 0.15) is 0 Å². The first-order chi connectivity index (χ1) is 8.97. The summed E-state index contributed by atoms with van der Waals surface area (Å²) >= 11 is 7.24. The summed E-state index contributed by atoms with van der Waals surface area (Å²) in [6, 6.07) is 7.54. The number of nitrogens with zero attached hydrogens (tertiary/aromatic N) is 1. The summed E-state index contributed by atoms with van der Waals surface area (Å²) in [5.41, 5.74) is 1.02. The van der Waals surface area contributed by atoms with Crippen molar-refractivity contribution in [1.82, 2.24) is 4.90 Å². The number of thioether (sulfide) groups is 1. The molecule has 0 saturated carbocycles. The Morgan fingerprint density at radius 2 is 2.26 bits per heavy atom. The van der Waals surface area contributed by atoms with Crippen LogP contribution in [-0.2, 0) is 9.59 Å². The average Bonchev–Trinajstić information content (AvgIpc) is 2.68. The number of amides is 1. The van der Waals surface area contributed by atoms with Gasteiger partial charge in [-0.2, -0.15) is 0 Å². The Hall–Kier alpha value is -1.00. The van der Waals surface area contributed by atoms with Gasteiger partial charge in [-0.05, 0) is 24.6 Å². The zero-order chi connectivity index (χ0) is 14.0. The van der Waals surface area contributed by atoms with Crippen molar-refractivity contribution in [3.8, 4) is 0 Å². The number of rotatable bonds is 3. The number of hydrogen-bond donors (Lipinski definition) is 0. The van der Waals surface area contributed by atoms with Gasteiger partial charge in [-0.15, -0.1) is 0 Å². The van der Waals surface area contributed by atoms with Gasteiger partial charge in [0.15, 0.2) is 5.12 Å². The third kappa shape index (κ3) is 3.51. The molecule has 102 valence electrons. The van der Waals surface area contributed by atoms with Gasteiger partial charge < -0.3 is 4.90 Å². The van der Waals surface area contributed by atoms with Crippen molar-refractivity contribution in [2.24, 2.45) is 0 Å². The molecule has 1 aromatic carbocycles. The Kier molecular flexibility index (Phi) is 4.53. The van der Waals surface area contributed by atoms with Crippen molar-refractivity contribution >= 4 is 34.4 Å². The van der Waals surface area contributed by atoms with Gasteiger partial charge in [-0.1, -0.05) is 35.5 Å². The van der Waals surface area contributed by atoms with Crippen LogP contribution in [0, 0.1) is 0 Å². The highest BCUT2D eigenvalue weighted by molar-refractivity contribution is 8.14. The van der Waals surface area contributed by atoms with Crippen molar-refractivity contribution in [3.05, 3.63) is 34.9 Å².